The van der Waals surface area contributed by atoms with Crippen molar-refractivity contribution in [2.75, 3.05) is 20.8 Å². The average Bonchev–Trinajstić information content (AvgIpc) is 2.84. The molecule has 162 valence electrons. The van der Waals surface area contributed by atoms with Gasteiger partial charge in [-0.3, -0.25) is 4.79 Å². The summed E-state index contributed by atoms with van der Waals surface area (Å²) in [5.74, 6) is 0.306. The maximum absolute atomic E-state index is 12.9. The highest BCUT2D eigenvalue weighted by Crippen LogP contribution is 2.43. The summed E-state index contributed by atoms with van der Waals surface area (Å²) >= 11 is 0. The number of nitriles is 1. The zero-order valence-corrected chi connectivity index (χ0v) is 17.8. The topological polar surface area (TPSA) is 100 Å². The SMILES string of the molecule is COC(=O)N[C@]1(C#N)CC[C@@](CNC(=O)c2ccccc2OC)(c2ccccc2)CC1. The minimum atomic E-state index is -0.974. The minimum Gasteiger partial charge on any atom is -0.496 e. The second kappa shape index (κ2) is 9.52. The molecular formula is C24H27N3O4. The third-order valence-electron chi connectivity index (χ3n) is 6.13. The van der Waals surface area contributed by atoms with E-state index in [9.17, 15) is 14.9 Å². The zero-order valence-electron chi connectivity index (χ0n) is 17.8. The van der Waals surface area contributed by atoms with Crippen LogP contribution in [0.2, 0.25) is 0 Å². The van der Waals surface area contributed by atoms with Crippen molar-refractivity contribution in [2.45, 2.75) is 36.6 Å². The summed E-state index contributed by atoms with van der Waals surface area (Å²) in [6.07, 6.45) is 1.55. The van der Waals surface area contributed by atoms with Gasteiger partial charge in [0.15, 0.2) is 0 Å². The lowest BCUT2D eigenvalue weighted by molar-refractivity contribution is 0.0927. The quantitative estimate of drug-likeness (QED) is 0.743. The number of hydrogen-bond donors (Lipinski definition) is 2. The molecule has 2 amide bonds. The summed E-state index contributed by atoms with van der Waals surface area (Å²) in [7, 11) is 2.82. The number of carbonyl (C=O) groups excluding carboxylic acids is 2. The fourth-order valence-electron chi connectivity index (χ4n) is 4.20. The van der Waals surface area contributed by atoms with Crippen LogP contribution in [0.4, 0.5) is 4.79 Å². The highest BCUT2D eigenvalue weighted by atomic mass is 16.5. The Morgan fingerprint density at radius 3 is 2.26 bits per heavy atom. The van der Waals surface area contributed by atoms with E-state index in [1.807, 2.05) is 36.4 Å². The second-order valence-electron chi connectivity index (χ2n) is 7.84. The van der Waals surface area contributed by atoms with Crippen LogP contribution in [-0.2, 0) is 10.2 Å². The van der Waals surface area contributed by atoms with E-state index in [2.05, 4.69) is 16.7 Å². The van der Waals surface area contributed by atoms with Crippen molar-refractivity contribution in [3.8, 4) is 11.8 Å². The number of amides is 2. The molecule has 31 heavy (non-hydrogen) atoms. The second-order valence-corrected chi connectivity index (χ2v) is 7.84. The summed E-state index contributed by atoms with van der Waals surface area (Å²) in [5, 5.41) is 15.5. The number of benzene rings is 2. The number of methoxy groups -OCH3 is 2. The first-order valence-electron chi connectivity index (χ1n) is 10.2. The van der Waals surface area contributed by atoms with E-state index in [-0.39, 0.29) is 11.3 Å². The number of nitrogens with zero attached hydrogens (tertiary/aromatic N) is 1. The Kier molecular flexibility index (Phi) is 6.81. The molecule has 1 fully saturated rings. The number of hydrogen-bond acceptors (Lipinski definition) is 5. The number of rotatable bonds is 6. The summed E-state index contributed by atoms with van der Waals surface area (Å²) in [6.45, 7) is 0.410. The van der Waals surface area contributed by atoms with Crippen LogP contribution < -0.4 is 15.4 Å². The average molecular weight is 421 g/mol. The van der Waals surface area contributed by atoms with Gasteiger partial charge >= 0.3 is 6.09 Å². The van der Waals surface area contributed by atoms with Gasteiger partial charge in [0.1, 0.15) is 11.3 Å². The van der Waals surface area contributed by atoms with Crippen molar-refractivity contribution in [3.05, 3.63) is 65.7 Å². The Morgan fingerprint density at radius 1 is 1.00 bits per heavy atom. The highest BCUT2D eigenvalue weighted by molar-refractivity contribution is 5.97. The highest BCUT2D eigenvalue weighted by Gasteiger charge is 2.45. The molecule has 1 aliphatic carbocycles. The molecule has 0 heterocycles. The van der Waals surface area contributed by atoms with E-state index in [0.29, 0.717) is 43.5 Å². The van der Waals surface area contributed by atoms with Crippen LogP contribution in [0, 0.1) is 11.3 Å². The smallest absolute Gasteiger partial charge is 0.408 e. The van der Waals surface area contributed by atoms with E-state index in [1.54, 1.807) is 18.2 Å². The molecule has 0 atom stereocenters. The predicted molar refractivity (Wildman–Crippen MR) is 116 cm³/mol. The third kappa shape index (κ3) is 4.80. The number of para-hydroxylation sites is 1. The predicted octanol–water partition coefficient (Wildman–Crippen LogP) is 3.56. The molecule has 1 aliphatic rings. The van der Waals surface area contributed by atoms with Gasteiger partial charge in [0.05, 0.1) is 25.9 Å². The van der Waals surface area contributed by atoms with Crippen LogP contribution in [0.1, 0.15) is 41.6 Å². The molecule has 0 saturated heterocycles. The molecule has 0 unspecified atom stereocenters. The van der Waals surface area contributed by atoms with Crippen LogP contribution in [0.15, 0.2) is 54.6 Å². The van der Waals surface area contributed by atoms with Crippen molar-refractivity contribution in [1.82, 2.24) is 10.6 Å². The number of nitrogens with one attached hydrogen (secondary N) is 2. The van der Waals surface area contributed by atoms with Crippen LogP contribution in [0.5, 0.6) is 5.75 Å². The lowest BCUT2D eigenvalue weighted by Gasteiger charge is -2.44. The standard InChI is InChI=1S/C24H27N3O4/c1-30-20-11-7-6-10-19(20)21(28)26-17-23(18-8-4-3-5-9-18)12-14-24(16-25,15-13-23)27-22(29)31-2/h3-11H,12-15,17H2,1-2H3,(H,26,28)(H,27,29)/t23-,24-. The van der Waals surface area contributed by atoms with Gasteiger partial charge in [-0.2, -0.15) is 5.26 Å². The van der Waals surface area contributed by atoms with Crippen LogP contribution >= 0.6 is 0 Å². The van der Waals surface area contributed by atoms with Crippen LogP contribution in [0.3, 0.4) is 0 Å². The number of ether oxygens (including phenoxy) is 2. The van der Waals surface area contributed by atoms with E-state index in [0.717, 1.165) is 5.56 Å². The molecule has 0 radical (unpaired) electrons. The molecule has 7 heteroatoms. The molecule has 3 rings (SSSR count). The maximum atomic E-state index is 12.9. The molecule has 0 aromatic heterocycles. The Labute approximate surface area is 182 Å². The van der Waals surface area contributed by atoms with Gasteiger partial charge in [0, 0.05) is 12.0 Å². The van der Waals surface area contributed by atoms with Crippen molar-refractivity contribution < 1.29 is 19.1 Å². The molecule has 1 saturated carbocycles. The first kappa shape index (κ1) is 22.2. The molecule has 7 nitrogen and oxygen atoms in total. The molecule has 0 aliphatic heterocycles. The van der Waals surface area contributed by atoms with E-state index in [4.69, 9.17) is 9.47 Å². The summed E-state index contributed by atoms with van der Waals surface area (Å²) in [4.78, 5) is 24.6. The monoisotopic (exact) mass is 421 g/mol. The lowest BCUT2D eigenvalue weighted by atomic mass is 9.64. The van der Waals surface area contributed by atoms with Gasteiger partial charge in [-0.15, -0.1) is 0 Å². The van der Waals surface area contributed by atoms with Crippen LogP contribution in [0.25, 0.3) is 0 Å². The number of alkyl carbamates (subject to hydrolysis) is 1. The van der Waals surface area contributed by atoms with Gasteiger partial charge in [0.25, 0.3) is 5.91 Å². The molecule has 2 N–H and O–H groups in total. The molecule has 2 aromatic rings. The van der Waals surface area contributed by atoms with Gasteiger partial charge in [-0.25, -0.2) is 4.79 Å². The Balaban J connectivity index is 1.81. The van der Waals surface area contributed by atoms with Gasteiger partial charge < -0.3 is 20.1 Å². The van der Waals surface area contributed by atoms with E-state index >= 15 is 0 Å². The van der Waals surface area contributed by atoms with Crippen molar-refractivity contribution in [1.29, 1.82) is 5.26 Å². The lowest BCUT2D eigenvalue weighted by Crippen LogP contribution is -2.54. The van der Waals surface area contributed by atoms with Crippen molar-refractivity contribution >= 4 is 12.0 Å². The first-order valence-corrected chi connectivity index (χ1v) is 10.2. The maximum Gasteiger partial charge on any atom is 0.408 e. The van der Waals surface area contributed by atoms with E-state index < -0.39 is 11.6 Å². The molecule has 0 spiro atoms. The van der Waals surface area contributed by atoms with Crippen LogP contribution in [-0.4, -0.2) is 38.3 Å². The van der Waals surface area contributed by atoms with Gasteiger partial charge in [-0.1, -0.05) is 42.5 Å². The Hall–Kier alpha value is -3.53. The van der Waals surface area contributed by atoms with E-state index in [1.165, 1.54) is 14.2 Å². The number of carbonyl (C=O) groups is 2. The Bertz CT molecular complexity index is 960. The van der Waals surface area contributed by atoms with Crippen molar-refractivity contribution in [2.24, 2.45) is 0 Å². The fourth-order valence-corrected chi connectivity index (χ4v) is 4.20. The minimum absolute atomic E-state index is 0.211. The van der Waals surface area contributed by atoms with Crippen molar-refractivity contribution in [3.63, 3.8) is 0 Å². The summed E-state index contributed by atoms with van der Waals surface area (Å²) < 4.78 is 10.0. The fraction of sp³-hybridized carbons (Fsp3) is 0.375. The third-order valence-corrected chi connectivity index (χ3v) is 6.13. The summed E-state index contributed by atoms with van der Waals surface area (Å²) in [5.41, 5.74) is 0.248. The largest absolute Gasteiger partial charge is 0.496 e. The van der Waals surface area contributed by atoms with Gasteiger partial charge in [-0.05, 0) is 43.4 Å². The zero-order chi connectivity index (χ0) is 22.3. The molecule has 0 bridgehead atoms. The Morgan fingerprint density at radius 2 is 1.65 bits per heavy atom. The molecule has 2 aromatic carbocycles. The first-order chi connectivity index (χ1) is 15.0. The molecular weight excluding hydrogens is 394 g/mol. The normalized spacial score (nSPS) is 22.6. The van der Waals surface area contributed by atoms with Gasteiger partial charge in [0.2, 0.25) is 0 Å². The summed E-state index contributed by atoms with van der Waals surface area (Å²) in [6, 6.07) is 19.3.